The van der Waals surface area contributed by atoms with Crippen LogP contribution in [0.2, 0.25) is 0 Å². The molecule has 2 heterocycles. The smallest absolute Gasteiger partial charge is 0.309 e. The molecule has 2 atom stereocenters. The zero-order valence-electron chi connectivity index (χ0n) is 19.6. The molecule has 178 valence electrons. The summed E-state index contributed by atoms with van der Waals surface area (Å²) in [6.45, 7) is 9.60. The summed E-state index contributed by atoms with van der Waals surface area (Å²) in [5.74, 6) is -0.247. The topological polar surface area (TPSA) is 67.6 Å². The summed E-state index contributed by atoms with van der Waals surface area (Å²) < 4.78 is 23.9. The van der Waals surface area contributed by atoms with Gasteiger partial charge < -0.3 is 9.84 Å². The number of aromatic nitrogens is 2. The van der Waals surface area contributed by atoms with Crippen LogP contribution in [-0.2, 0) is 11.2 Å². The van der Waals surface area contributed by atoms with Crippen LogP contribution < -0.4 is 4.74 Å². The summed E-state index contributed by atoms with van der Waals surface area (Å²) in [6, 6.07) is 12.4. The van der Waals surface area contributed by atoms with Crippen molar-refractivity contribution in [2.45, 2.75) is 57.6 Å². The quantitative estimate of drug-likeness (QED) is 0.539. The minimum atomic E-state index is -0.960. The summed E-state index contributed by atoms with van der Waals surface area (Å²) in [5, 5.41) is 13.9. The van der Waals surface area contributed by atoms with E-state index in [0.717, 1.165) is 30.2 Å². The van der Waals surface area contributed by atoms with Gasteiger partial charge in [0.25, 0.3) is 0 Å². The summed E-state index contributed by atoms with van der Waals surface area (Å²) >= 11 is 1.71. The van der Waals surface area contributed by atoms with E-state index in [9.17, 15) is 14.3 Å². The molecule has 0 radical (unpaired) electrons. The number of carboxylic acids is 1. The summed E-state index contributed by atoms with van der Waals surface area (Å²) in [7, 11) is 0. The fraction of sp³-hybridized carbons (Fsp3) is 0.440. The van der Waals surface area contributed by atoms with Crippen LogP contribution in [0.5, 0.6) is 5.75 Å². The Morgan fingerprint density at radius 3 is 2.61 bits per heavy atom. The van der Waals surface area contributed by atoms with E-state index in [1.54, 1.807) is 35.8 Å². The van der Waals surface area contributed by atoms with Gasteiger partial charge in [0, 0.05) is 24.2 Å². The molecule has 1 N–H and O–H groups in total. The maximum absolute atomic E-state index is 14.1. The van der Waals surface area contributed by atoms with Gasteiger partial charge in [-0.3, -0.25) is 9.48 Å². The Morgan fingerprint density at radius 2 is 1.97 bits per heavy atom. The molecule has 33 heavy (non-hydrogen) atoms. The molecule has 8 heteroatoms. The molecule has 0 bridgehead atoms. The van der Waals surface area contributed by atoms with E-state index in [0.29, 0.717) is 11.3 Å². The molecule has 0 aliphatic carbocycles. The van der Waals surface area contributed by atoms with Gasteiger partial charge in [-0.1, -0.05) is 13.0 Å². The number of rotatable bonds is 7. The highest BCUT2D eigenvalue weighted by molar-refractivity contribution is 7.97. The van der Waals surface area contributed by atoms with Gasteiger partial charge in [-0.05, 0) is 87.0 Å². The van der Waals surface area contributed by atoms with Crippen molar-refractivity contribution in [1.82, 2.24) is 14.1 Å². The fourth-order valence-corrected chi connectivity index (χ4v) is 4.89. The van der Waals surface area contributed by atoms with E-state index in [1.165, 1.54) is 12.1 Å². The lowest BCUT2D eigenvalue weighted by molar-refractivity contribution is -0.136. The van der Waals surface area contributed by atoms with Crippen LogP contribution in [0.15, 0.2) is 53.6 Å². The minimum absolute atomic E-state index is 0.0439. The number of benzene rings is 1. The number of nitrogens with zero attached hydrogens (tertiary/aromatic N) is 3. The Kier molecular flexibility index (Phi) is 8.74. The van der Waals surface area contributed by atoms with Crippen molar-refractivity contribution in [2.75, 3.05) is 13.1 Å². The van der Waals surface area contributed by atoms with Crippen molar-refractivity contribution in [1.29, 1.82) is 0 Å². The third kappa shape index (κ3) is 7.47. The van der Waals surface area contributed by atoms with Gasteiger partial charge in [-0.2, -0.15) is 5.10 Å². The number of aliphatic carboxylic acids is 1. The van der Waals surface area contributed by atoms with Crippen LogP contribution >= 0.6 is 11.9 Å². The molecule has 1 aromatic heterocycles. The normalized spacial score (nSPS) is 18.7. The zero-order valence-corrected chi connectivity index (χ0v) is 20.4. The lowest BCUT2D eigenvalue weighted by Gasteiger charge is -2.36. The molecule has 3 rings (SSSR count). The number of carboxylic acid groups (broad SMARTS) is 1. The van der Waals surface area contributed by atoms with E-state index < -0.39 is 11.8 Å². The number of hydrogen-bond acceptors (Lipinski definition) is 5. The molecule has 0 amide bonds. The van der Waals surface area contributed by atoms with Crippen molar-refractivity contribution in [3.8, 4) is 5.75 Å². The van der Waals surface area contributed by atoms with Gasteiger partial charge in [0.05, 0.1) is 24.3 Å². The van der Waals surface area contributed by atoms with Crippen molar-refractivity contribution in [2.24, 2.45) is 5.92 Å². The Hall–Kier alpha value is -2.58. The second kappa shape index (κ2) is 11.5. The van der Waals surface area contributed by atoms with Crippen LogP contribution in [0.3, 0.4) is 0 Å². The molecule has 2 aromatic rings. The van der Waals surface area contributed by atoms with E-state index in [4.69, 9.17) is 4.74 Å². The highest BCUT2D eigenvalue weighted by atomic mass is 32.2. The average molecular weight is 474 g/mol. The molecule has 1 aromatic carbocycles. The second-order valence-electron chi connectivity index (χ2n) is 8.66. The van der Waals surface area contributed by atoms with Crippen molar-refractivity contribution >= 4 is 17.9 Å². The molecule has 1 saturated heterocycles. The minimum Gasteiger partial charge on any atom is -0.491 e. The van der Waals surface area contributed by atoms with Crippen LogP contribution in [0, 0.1) is 18.7 Å². The zero-order chi connectivity index (χ0) is 24.0. The monoisotopic (exact) mass is 473 g/mol. The van der Waals surface area contributed by atoms with Crippen LogP contribution in [-0.4, -0.2) is 44.4 Å². The first-order valence-corrected chi connectivity index (χ1v) is 12.0. The van der Waals surface area contributed by atoms with Gasteiger partial charge in [-0.25, -0.2) is 8.70 Å². The van der Waals surface area contributed by atoms with Crippen molar-refractivity contribution in [3.63, 3.8) is 0 Å². The van der Waals surface area contributed by atoms with Crippen LogP contribution in [0.4, 0.5) is 4.39 Å². The molecular formula is C25H32FN3O3S. The molecular weight excluding hydrogens is 441 g/mol. The SMILES string of the molecule is Cc1ccc(F)ccn([C@H]2CCN(Sc3ccc(OC(C)C)cc3)C[C@@H]2C)nc1CC(=O)O. The number of piperidine rings is 1. The van der Waals surface area contributed by atoms with E-state index in [2.05, 4.69) is 28.5 Å². The molecule has 1 aliphatic heterocycles. The van der Waals surface area contributed by atoms with Crippen LogP contribution in [0.25, 0.3) is 0 Å². The number of halogens is 1. The summed E-state index contributed by atoms with van der Waals surface area (Å²) in [4.78, 5) is 12.5. The Balaban J connectivity index is 1.76. The summed E-state index contributed by atoms with van der Waals surface area (Å²) in [5.41, 5.74) is 1.08. The lowest BCUT2D eigenvalue weighted by atomic mass is 9.95. The predicted molar refractivity (Wildman–Crippen MR) is 128 cm³/mol. The summed E-state index contributed by atoms with van der Waals surface area (Å²) in [6.07, 6.45) is 2.39. The Bertz CT molecular complexity index is 1010. The standard InChI is InChI=1S/C25H32FN3O3S/c1-17(2)32-21-7-9-22(10-8-21)33-28-13-12-24(19(4)16-28)29-14-11-20(26)6-5-18(3)23(27-29)15-25(30)31/h5-11,14,17,19,24H,12-13,15-16H2,1-4H3,(H,30,31)/t19-,24-/m0/s1. The highest BCUT2D eigenvalue weighted by Crippen LogP contribution is 2.34. The maximum atomic E-state index is 14.1. The molecule has 0 saturated carbocycles. The van der Waals surface area contributed by atoms with Crippen molar-refractivity contribution in [3.05, 3.63) is 65.7 Å². The first kappa shape index (κ1) is 25.1. The van der Waals surface area contributed by atoms with Crippen molar-refractivity contribution < 1.29 is 19.0 Å². The first-order chi connectivity index (χ1) is 15.7. The number of aryl methyl sites for hydroxylation is 1. The molecule has 1 aliphatic rings. The number of ether oxygens (including phenoxy) is 1. The van der Waals surface area contributed by atoms with Gasteiger partial charge in [0.2, 0.25) is 0 Å². The highest BCUT2D eigenvalue weighted by Gasteiger charge is 2.28. The van der Waals surface area contributed by atoms with Crippen LogP contribution in [0.1, 0.15) is 44.5 Å². The third-order valence-corrected chi connectivity index (χ3v) is 6.55. The lowest BCUT2D eigenvalue weighted by Crippen LogP contribution is -2.37. The molecule has 0 unspecified atom stereocenters. The molecule has 6 nitrogen and oxygen atoms in total. The predicted octanol–water partition coefficient (Wildman–Crippen LogP) is 5.46. The Morgan fingerprint density at radius 1 is 1.24 bits per heavy atom. The third-order valence-electron chi connectivity index (χ3n) is 5.48. The van der Waals surface area contributed by atoms with Gasteiger partial charge in [0.1, 0.15) is 11.6 Å². The average Bonchev–Trinajstić information content (AvgIpc) is 2.81. The molecule has 0 spiro atoms. The number of carbonyl (C=O) groups is 1. The first-order valence-electron chi connectivity index (χ1n) is 11.2. The number of hydrogen-bond donors (Lipinski definition) is 1. The van der Waals surface area contributed by atoms with Gasteiger partial charge >= 0.3 is 5.97 Å². The second-order valence-corrected chi connectivity index (χ2v) is 9.84. The van der Waals surface area contributed by atoms with E-state index in [1.807, 2.05) is 26.0 Å². The van der Waals surface area contributed by atoms with Gasteiger partial charge in [-0.15, -0.1) is 0 Å². The maximum Gasteiger partial charge on any atom is 0.309 e. The largest absolute Gasteiger partial charge is 0.491 e. The fourth-order valence-electron chi connectivity index (χ4n) is 3.83. The van der Waals surface area contributed by atoms with E-state index in [-0.39, 0.29) is 24.5 Å². The van der Waals surface area contributed by atoms with Gasteiger partial charge in [0.15, 0.2) is 0 Å². The molecule has 1 fully saturated rings. The van der Waals surface area contributed by atoms with E-state index >= 15 is 0 Å². The Labute approximate surface area is 199 Å².